The van der Waals surface area contributed by atoms with Crippen LogP contribution in [0, 0.1) is 0 Å². The molecule has 1 heterocycles. The number of H-pyrrole nitrogens is 1. The van der Waals surface area contributed by atoms with Gasteiger partial charge in [-0.25, -0.2) is 4.98 Å². The second-order valence-corrected chi connectivity index (χ2v) is 8.53. The van der Waals surface area contributed by atoms with Crippen LogP contribution in [-0.2, 0) is 17.0 Å². The first-order valence-corrected chi connectivity index (χ1v) is 11.5. The van der Waals surface area contributed by atoms with Crippen molar-refractivity contribution in [1.29, 1.82) is 0 Å². The van der Waals surface area contributed by atoms with Crippen molar-refractivity contribution in [3.8, 4) is 11.5 Å². The summed E-state index contributed by atoms with van der Waals surface area (Å²) in [7, 11) is 0. The molecule has 6 nitrogen and oxygen atoms in total. The minimum atomic E-state index is -0.302. The Balaban J connectivity index is 1.34. The topological polar surface area (TPSA) is 84.1 Å². The molecule has 0 aliphatic heterocycles. The van der Waals surface area contributed by atoms with Crippen LogP contribution in [0.3, 0.4) is 0 Å². The molecule has 1 amide bonds. The van der Waals surface area contributed by atoms with Crippen molar-refractivity contribution in [1.82, 2.24) is 9.97 Å². The number of aromatic amines is 1. The molecular weight excluding hydrogens is 458 g/mol. The number of para-hydroxylation sites is 1. The molecular formula is C25H20ClN3O3S. The molecule has 0 radical (unpaired) electrons. The van der Waals surface area contributed by atoms with Crippen LogP contribution in [0.15, 0.2) is 94.9 Å². The molecule has 8 heteroatoms. The second kappa shape index (κ2) is 10.8. The van der Waals surface area contributed by atoms with Crippen molar-refractivity contribution >= 4 is 35.0 Å². The number of carbonyl (C=O) groups is 1. The SMILES string of the molecule is O=C(Cc1cc(=O)[nH]c(SCc2cccc(Cl)c2)n1)Nc1ccc(Oc2ccccc2)cc1. The number of halogens is 1. The highest BCUT2D eigenvalue weighted by molar-refractivity contribution is 7.98. The Bertz CT molecular complexity index is 1290. The molecule has 1 aromatic heterocycles. The lowest BCUT2D eigenvalue weighted by molar-refractivity contribution is -0.115. The number of nitrogens with one attached hydrogen (secondary N) is 2. The van der Waals surface area contributed by atoms with Gasteiger partial charge in [-0.05, 0) is 54.1 Å². The lowest BCUT2D eigenvalue weighted by atomic mass is 10.2. The Morgan fingerprint density at radius 3 is 2.48 bits per heavy atom. The predicted octanol–water partition coefficient (Wildman–Crippen LogP) is 5.69. The standard InChI is InChI=1S/C25H20ClN3O3S/c26-18-6-4-5-17(13-18)16-33-25-28-20(15-24(31)29-25)14-23(30)27-19-9-11-22(12-10-19)32-21-7-2-1-3-8-21/h1-13,15H,14,16H2,(H,27,30)(H,28,29,31). The van der Waals surface area contributed by atoms with Crippen LogP contribution in [-0.4, -0.2) is 15.9 Å². The number of rotatable bonds is 8. The molecule has 0 saturated heterocycles. The molecule has 0 saturated carbocycles. The summed E-state index contributed by atoms with van der Waals surface area (Å²) in [5, 5.41) is 3.92. The molecule has 166 valence electrons. The van der Waals surface area contributed by atoms with E-state index in [2.05, 4.69) is 15.3 Å². The van der Waals surface area contributed by atoms with Gasteiger partial charge < -0.3 is 15.0 Å². The lowest BCUT2D eigenvalue weighted by Crippen LogP contribution is -2.18. The monoisotopic (exact) mass is 477 g/mol. The van der Waals surface area contributed by atoms with Crippen LogP contribution in [0.4, 0.5) is 5.69 Å². The molecule has 0 bridgehead atoms. The zero-order chi connectivity index (χ0) is 23.0. The molecule has 0 fully saturated rings. The van der Waals surface area contributed by atoms with Crippen LogP contribution >= 0.6 is 23.4 Å². The quantitative estimate of drug-likeness (QED) is 0.251. The molecule has 2 N–H and O–H groups in total. The minimum absolute atomic E-state index is 0.0170. The summed E-state index contributed by atoms with van der Waals surface area (Å²) in [6, 6.07) is 25.3. The molecule has 3 aromatic carbocycles. The maximum absolute atomic E-state index is 12.5. The number of hydrogen-bond acceptors (Lipinski definition) is 5. The van der Waals surface area contributed by atoms with E-state index in [1.165, 1.54) is 17.8 Å². The number of amides is 1. The van der Waals surface area contributed by atoms with E-state index in [-0.39, 0.29) is 17.9 Å². The van der Waals surface area contributed by atoms with Gasteiger partial charge in [-0.2, -0.15) is 0 Å². The van der Waals surface area contributed by atoms with Crippen LogP contribution in [0.25, 0.3) is 0 Å². The first-order valence-electron chi connectivity index (χ1n) is 10.1. The van der Waals surface area contributed by atoms with E-state index in [0.29, 0.717) is 33.1 Å². The zero-order valence-electron chi connectivity index (χ0n) is 17.5. The van der Waals surface area contributed by atoms with Gasteiger partial charge in [-0.15, -0.1) is 0 Å². The zero-order valence-corrected chi connectivity index (χ0v) is 19.0. The summed E-state index contributed by atoms with van der Waals surface area (Å²) in [5.41, 5.74) is 1.73. The van der Waals surface area contributed by atoms with E-state index in [1.807, 2.05) is 48.5 Å². The first kappa shape index (κ1) is 22.6. The predicted molar refractivity (Wildman–Crippen MR) is 131 cm³/mol. The van der Waals surface area contributed by atoms with Crippen molar-refractivity contribution in [2.24, 2.45) is 0 Å². The fourth-order valence-electron chi connectivity index (χ4n) is 3.02. The highest BCUT2D eigenvalue weighted by Gasteiger charge is 2.09. The van der Waals surface area contributed by atoms with E-state index >= 15 is 0 Å². The maximum atomic E-state index is 12.5. The van der Waals surface area contributed by atoms with Crippen molar-refractivity contribution in [3.05, 3.63) is 112 Å². The van der Waals surface area contributed by atoms with Crippen LogP contribution in [0.1, 0.15) is 11.3 Å². The van der Waals surface area contributed by atoms with E-state index < -0.39 is 0 Å². The Kier molecular flexibility index (Phi) is 7.44. The van der Waals surface area contributed by atoms with Crippen molar-refractivity contribution in [2.75, 3.05) is 5.32 Å². The molecule has 0 aliphatic carbocycles. The van der Waals surface area contributed by atoms with Crippen LogP contribution < -0.4 is 15.6 Å². The number of nitrogens with zero attached hydrogens (tertiary/aromatic N) is 1. The van der Waals surface area contributed by atoms with Gasteiger partial charge in [-0.1, -0.05) is 53.7 Å². The molecule has 0 atom stereocenters. The molecule has 4 rings (SSSR count). The molecule has 0 spiro atoms. The molecule has 0 unspecified atom stereocenters. The normalized spacial score (nSPS) is 10.6. The third-order valence-electron chi connectivity index (χ3n) is 4.50. The number of carbonyl (C=O) groups excluding carboxylic acids is 1. The van der Waals surface area contributed by atoms with Crippen LogP contribution in [0.2, 0.25) is 5.02 Å². The Labute approximate surface area is 200 Å². The van der Waals surface area contributed by atoms with Gasteiger partial charge in [0.1, 0.15) is 11.5 Å². The van der Waals surface area contributed by atoms with Crippen molar-refractivity contribution < 1.29 is 9.53 Å². The summed E-state index contributed by atoms with van der Waals surface area (Å²) in [6.45, 7) is 0. The number of hydrogen-bond donors (Lipinski definition) is 2. The molecule has 33 heavy (non-hydrogen) atoms. The Morgan fingerprint density at radius 1 is 0.970 bits per heavy atom. The third-order valence-corrected chi connectivity index (χ3v) is 5.68. The minimum Gasteiger partial charge on any atom is -0.457 e. The average Bonchev–Trinajstić information content (AvgIpc) is 2.79. The summed E-state index contributed by atoms with van der Waals surface area (Å²) in [4.78, 5) is 31.6. The number of thioether (sulfide) groups is 1. The highest BCUT2D eigenvalue weighted by atomic mass is 35.5. The fourth-order valence-corrected chi connectivity index (χ4v) is 4.07. The number of ether oxygens (including phenoxy) is 1. The Hall–Kier alpha value is -3.55. The van der Waals surface area contributed by atoms with E-state index in [0.717, 1.165) is 11.3 Å². The summed E-state index contributed by atoms with van der Waals surface area (Å²) >= 11 is 7.38. The smallest absolute Gasteiger partial charge is 0.251 e. The lowest BCUT2D eigenvalue weighted by Gasteiger charge is -2.08. The molecule has 0 aliphatic rings. The third kappa shape index (κ3) is 6.97. The first-order chi connectivity index (χ1) is 16.0. The van der Waals surface area contributed by atoms with E-state index in [9.17, 15) is 9.59 Å². The van der Waals surface area contributed by atoms with Crippen molar-refractivity contribution in [3.63, 3.8) is 0 Å². The van der Waals surface area contributed by atoms with Gasteiger partial charge in [0.15, 0.2) is 5.16 Å². The Morgan fingerprint density at radius 2 is 1.73 bits per heavy atom. The van der Waals surface area contributed by atoms with Gasteiger partial charge in [0.05, 0.1) is 12.1 Å². The second-order valence-electron chi connectivity index (χ2n) is 7.12. The summed E-state index contributed by atoms with van der Waals surface area (Å²) < 4.78 is 5.75. The maximum Gasteiger partial charge on any atom is 0.251 e. The fraction of sp³-hybridized carbons (Fsp3) is 0.0800. The summed E-state index contributed by atoms with van der Waals surface area (Å²) in [6.07, 6.45) is -0.0170. The largest absolute Gasteiger partial charge is 0.457 e. The number of benzene rings is 3. The van der Waals surface area contributed by atoms with Gasteiger partial charge in [0, 0.05) is 22.5 Å². The van der Waals surface area contributed by atoms with Gasteiger partial charge in [0.25, 0.3) is 5.56 Å². The van der Waals surface area contributed by atoms with E-state index in [4.69, 9.17) is 16.3 Å². The number of aromatic nitrogens is 2. The van der Waals surface area contributed by atoms with Gasteiger partial charge >= 0.3 is 0 Å². The van der Waals surface area contributed by atoms with Gasteiger partial charge in [0.2, 0.25) is 5.91 Å². The van der Waals surface area contributed by atoms with Crippen molar-refractivity contribution in [2.45, 2.75) is 17.3 Å². The van der Waals surface area contributed by atoms with Crippen LogP contribution in [0.5, 0.6) is 11.5 Å². The van der Waals surface area contributed by atoms with E-state index in [1.54, 1.807) is 30.3 Å². The highest BCUT2D eigenvalue weighted by Crippen LogP contribution is 2.23. The number of anilines is 1. The molecule has 4 aromatic rings. The average molecular weight is 478 g/mol. The van der Waals surface area contributed by atoms with Gasteiger partial charge in [-0.3, -0.25) is 9.59 Å². The summed E-state index contributed by atoms with van der Waals surface area (Å²) in [5.74, 6) is 1.72.